The Morgan fingerprint density at radius 2 is 1.44 bits per heavy atom. The molecule has 1 saturated carbocycles. The number of nitrogens with one attached hydrogen (secondary N) is 1. The van der Waals surface area contributed by atoms with Gasteiger partial charge in [-0.1, -0.05) is 60.3 Å². The molecule has 0 radical (unpaired) electrons. The van der Waals surface area contributed by atoms with E-state index in [0.29, 0.717) is 10.8 Å². The first-order valence-electron chi connectivity index (χ1n) is 8.08. The molecule has 0 aromatic carbocycles. The maximum absolute atomic E-state index is 3.81. The van der Waals surface area contributed by atoms with Crippen LogP contribution in [0.5, 0.6) is 0 Å². The number of hydrogen-bond donors (Lipinski definition) is 1. The highest BCUT2D eigenvalue weighted by atomic mass is 14.9. The highest BCUT2D eigenvalue weighted by Crippen LogP contribution is 2.45. The summed E-state index contributed by atoms with van der Waals surface area (Å²) in [5, 5.41) is 3.81. The first-order valence-corrected chi connectivity index (χ1v) is 8.08. The Labute approximate surface area is 115 Å². The van der Waals surface area contributed by atoms with Crippen LogP contribution in [0.4, 0.5) is 0 Å². The molecule has 0 aliphatic heterocycles. The van der Waals surface area contributed by atoms with E-state index in [1.165, 1.54) is 57.9 Å². The topological polar surface area (TPSA) is 12.0 Å². The third kappa shape index (κ3) is 6.22. The van der Waals surface area contributed by atoms with Crippen LogP contribution in [0.25, 0.3) is 0 Å². The smallest absolute Gasteiger partial charge is 0.00772 e. The molecule has 0 aromatic heterocycles. The van der Waals surface area contributed by atoms with E-state index >= 15 is 0 Å². The lowest BCUT2D eigenvalue weighted by Crippen LogP contribution is -2.44. The third-order valence-corrected chi connectivity index (χ3v) is 4.27. The minimum absolute atomic E-state index is 0.516. The zero-order valence-electron chi connectivity index (χ0n) is 13.4. The molecule has 18 heavy (non-hydrogen) atoms. The van der Waals surface area contributed by atoms with Crippen LogP contribution < -0.4 is 5.32 Å². The van der Waals surface area contributed by atoms with Gasteiger partial charge in [-0.3, -0.25) is 0 Å². The summed E-state index contributed by atoms with van der Waals surface area (Å²) in [6.07, 6.45) is 11.0. The van der Waals surface area contributed by atoms with Gasteiger partial charge in [-0.25, -0.2) is 0 Å². The van der Waals surface area contributed by atoms with E-state index in [-0.39, 0.29) is 0 Å². The minimum atomic E-state index is 0.516. The molecule has 1 rings (SSSR count). The molecule has 1 heteroatoms. The molecule has 0 amide bonds. The largest absolute Gasteiger partial charge is 0.314 e. The molecule has 1 N–H and O–H groups in total. The van der Waals surface area contributed by atoms with Crippen LogP contribution >= 0.6 is 0 Å². The first-order chi connectivity index (χ1) is 8.35. The van der Waals surface area contributed by atoms with Gasteiger partial charge in [-0.15, -0.1) is 0 Å². The average Bonchev–Trinajstić information content (AvgIpc) is 2.18. The van der Waals surface area contributed by atoms with Gasteiger partial charge in [0.2, 0.25) is 0 Å². The predicted octanol–water partition coefficient (Wildman–Crippen LogP) is 5.15. The molecule has 1 aliphatic carbocycles. The van der Waals surface area contributed by atoms with Crippen molar-refractivity contribution in [3.05, 3.63) is 0 Å². The quantitative estimate of drug-likeness (QED) is 0.619. The molecular formula is C17H35N. The van der Waals surface area contributed by atoms with Crippen molar-refractivity contribution >= 4 is 0 Å². The summed E-state index contributed by atoms with van der Waals surface area (Å²) in [5.74, 6) is 0. The van der Waals surface area contributed by atoms with Gasteiger partial charge in [-0.05, 0) is 43.1 Å². The lowest BCUT2D eigenvalue weighted by atomic mass is 9.63. The predicted molar refractivity (Wildman–Crippen MR) is 82.0 cm³/mol. The SMILES string of the molecule is CCCCCCCNC1CC(C)(C)CC(C)(C)C1. The summed E-state index contributed by atoms with van der Waals surface area (Å²) in [5.41, 5.74) is 1.03. The molecule has 0 bridgehead atoms. The van der Waals surface area contributed by atoms with Gasteiger partial charge in [0.15, 0.2) is 0 Å². The molecule has 0 unspecified atom stereocenters. The Morgan fingerprint density at radius 1 is 0.889 bits per heavy atom. The van der Waals surface area contributed by atoms with E-state index in [4.69, 9.17) is 0 Å². The van der Waals surface area contributed by atoms with E-state index in [0.717, 1.165) is 6.04 Å². The van der Waals surface area contributed by atoms with Crippen molar-refractivity contribution in [3.63, 3.8) is 0 Å². The monoisotopic (exact) mass is 253 g/mol. The van der Waals surface area contributed by atoms with E-state index in [2.05, 4.69) is 39.9 Å². The zero-order chi connectivity index (χ0) is 13.6. The molecule has 1 nitrogen and oxygen atoms in total. The van der Waals surface area contributed by atoms with Crippen molar-refractivity contribution in [2.45, 2.75) is 92.0 Å². The maximum Gasteiger partial charge on any atom is 0.00772 e. The van der Waals surface area contributed by atoms with Crippen LogP contribution in [0.2, 0.25) is 0 Å². The second-order valence-electron chi connectivity index (χ2n) is 7.98. The van der Waals surface area contributed by atoms with E-state index in [1.54, 1.807) is 0 Å². The second kappa shape index (κ2) is 6.93. The van der Waals surface area contributed by atoms with Gasteiger partial charge in [0.05, 0.1) is 0 Å². The Balaban J connectivity index is 2.21. The first kappa shape index (κ1) is 16.0. The molecule has 0 aromatic rings. The number of unbranched alkanes of at least 4 members (excludes halogenated alkanes) is 4. The van der Waals surface area contributed by atoms with Crippen LogP contribution in [-0.4, -0.2) is 12.6 Å². The van der Waals surface area contributed by atoms with E-state index < -0.39 is 0 Å². The summed E-state index contributed by atoms with van der Waals surface area (Å²) in [6.45, 7) is 13.2. The van der Waals surface area contributed by atoms with Crippen molar-refractivity contribution in [1.82, 2.24) is 5.32 Å². The van der Waals surface area contributed by atoms with Crippen LogP contribution in [0.1, 0.15) is 86.0 Å². The van der Waals surface area contributed by atoms with Gasteiger partial charge in [0.25, 0.3) is 0 Å². The Morgan fingerprint density at radius 3 is 2.00 bits per heavy atom. The van der Waals surface area contributed by atoms with Crippen LogP contribution in [0.3, 0.4) is 0 Å². The van der Waals surface area contributed by atoms with Crippen molar-refractivity contribution in [1.29, 1.82) is 0 Å². The lowest BCUT2D eigenvalue weighted by molar-refractivity contribution is 0.0851. The molecular weight excluding hydrogens is 218 g/mol. The molecule has 1 aliphatic rings. The normalized spacial score (nSPS) is 23.2. The van der Waals surface area contributed by atoms with Gasteiger partial charge >= 0.3 is 0 Å². The second-order valence-corrected chi connectivity index (χ2v) is 7.98. The summed E-state index contributed by atoms with van der Waals surface area (Å²) >= 11 is 0. The van der Waals surface area contributed by atoms with E-state index in [9.17, 15) is 0 Å². The summed E-state index contributed by atoms with van der Waals surface area (Å²) in [6, 6.07) is 0.745. The molecule has 1 fully saturated rings. The average molecular weight is 253 g/mol. The van der Waals surface area contributed by atoms with Crippen molar-refractivity contribution in [3.8, 4) is 0 Å². The highest BCUT2D eigenvalue weighted by Gasteiger charge is 2.37. The Hall–Kier alpha value is -0.0400. The maximum atomic E-state index is 3.81. The van der Waals surface area contributed by atoms with E-state index in [1.807, 2.05) is 0 Å². The number of hydrogen-bond acceptors (Lipinski definition) is 1. The Kier molecular flexibility index (Phi) is 6.17. The van der Waals surface area contributed by atoms with Gasteiger partial charge in [0, 0.05) is 6.04 Å². The number of rotatable bonds is 7. The minimum Gasteiger partial charge on any atom is -0.314 e. The molecule has 0 atom stereocenters. The summed E-state index contributed by atoms with van der Waals surface area (Å²) in [7, 11) is 0. The molecule has 0 spiro atoms. The summed E-state index contributed by atoms with van der Waals surface area (Å²) in [4.78, 5) is 0. The van der Waals surface area contributed by atoms with Crippen molar-refractivity contribution in [2.24, 2.45) is 10.8 Å². The van der Waals surface area contributed by atoms with Crippen molar-refractivity contribution in [2.75, 3.05) is 6.54 Å². The fourth-order valence-corrected chi connectivity index (χ4v) is 4.03. The van der Waals surface area contributed by atoms with Crippen LogP contribution in [-0.2, 0) is 0 Å². The van der Waals surface area contributed by atoms with Crippen LogP contribution in [0.15, 0.2) is 0 Å². The van der Waals surface area contributed by atoms with Gasteiger partial charge in [-0.2, -0.15) is 0 Å². The van der Waals surface area contributed by atoms with Gasteiger partial charge < -0.3 is 5.32 Å². The van der Waals surface area contributed by atoms with Crippen LogP contribution in [0, 0.1) is 10.8 Å². The van der Waals surface area contributed by atoms with Gasteiger partial charge in [0.1, 0.15) is 0 Å². The Bertz CT molecular complexity index is 214. The van der Waals surface area contributed by atoms with Crippen molar-refractivity contribution < 1.29 is 0 Å². The standard InChI is InChI=1S/C17H35N/c1-6-7-8-9-10-11-18-15-12-16(2,3)14-17(4,5)13-15/h15,18H,6-14H2,1-5H3. The molecule has 0 heterocycles. The zero-order valence-corrected chi connectivity index (χ0v) is 13.4. The fourth-order valence-electron chi connectivity index (χ4n) is 4.03. The fraction of sp³-hybridized carbons (Fsp3) is 1.00. The highest BCUT2D eigenvalue weighted by molar-refractivity contribution is 4.92. The lowest BCUT2D eigenvalue weighted by Gasteiger charge is -2.45. The third-order valence-electron chi connectivity index (χ3n) is 4.27. The summed E-state index contributed by atoms with van der Waals surface area (Å²) < 4.78 is 0. The molecule has 108 valence electrons. The molecule has 0 saturated heterocycles.